The highest BCUT2D eigenvalue weighted by Gasteiger charge is 2.50. The number of nitrogens with one attached hydrogen (secondary N) is 2. The van der Waals surface area contributed by atoms with Crippen LogP contribution >= 0.6 is 0 Å². The van der Waals surface area contributed by atoms with E-state index >= 15 is 0 Å². The monoisotopic (exact) mass is 356 g/mol. The largest absolute Gasteiger partial charge is 0.511 e. The van der Waals surface area contributed by atoms with Gasteiger partial charge < -0.3 is 10.6 Å². The molecule has 0 amide bonds. The highest BCUT2D eigenvalue weighted by Crippen LogP contribution is 2.31. The Morgan fingerprint density at radius 1 is 1.22 bits per heavy atom. The summed E-state index contributed by atoms with van der Waals surface area (Å²) in [6, 6.07) is -0.0817. The average Bonchev–Trinajstić information content (AvgIpc) is 3.30. The normalized spacial score (nSPS) is 22.2. The molecule has 0 aromatic rings. The van der Waals surface area contributed by atoms with Gasteiger partial charge in [0, 0.05) is 32.7 Å². The lowest BCUT2D eigenvalue weighted by atomic mass is 10.1. The molecule has 0 aromatic carbocycles. The van der Waals surface area contributed by atoms with Crippen LogP contribution in [0.5, 0.6) is 0 Å². The molecular formula is C13H23F3N4O2S. The van der Waals surface area contributed by atoms with E-state index in [9.17, 15) is 21.6 Å². The summed E-state index contributed by atoms with van der Waals surface area (Å²) in [6.07, 6.45) is 4.28. The lowest BCUT2D eigenvalue weighted by Crippen LogP contribution is -2.51. The summed E-state index contributed by atoms with van der Waals surface area (Å²) in [6.45, 7) is 0.531. The van der Waals surface area contributed by atoms with Crippen LogP contribution in [0, 0.1) is 5.92 Å². The third-order valence-electron chi connectivity index (χ3n) is 4.19. The average molecular weight is 356 g/mol. The van der Waals surface area contributed by atoms with Crippen molar-refractivity contribution in [3.8, 4) is 0 Å². The van der Waals surface area contributed by atoms with E-state index in [-0.39, 0.29) is 19.1 Å². The van der Waals surface area contributed by atoms with Crippen LogP contribution in [0.2, 0.25) is 0 Å². The van der Waals surface area contributed by atoms with Crippen LogP contribution in [0.4, 0.5) is 13.2 Å². The van der Waals surface area contributed by atoms with Crippen molar-refractivity contribution in [2.75, 3.05) is 26.7 Å². The molecule has 2 rings (SSSR count). The maximum Gasteiger partial charge on any atom is 0.511 e. The molecule has 2 fully saturated rings. The topological polar surface area (TPSA) is 73.8 Å². The molecule has 0 atom stereocenters. The van der Waals surface area contributed by atoms with Crippen LogP contribution in [0.1, 0.15) is 32.1 Å². The van der Waals surface area contributed by atoms with Crippen molar-refractivity contribution in [1.29, 1.82) is 0 Å². The summed E-state index contributed by atoms with van der Waals surface area (Å²) in [5, 5.41) is 6.33. The fraction of sp³-hybridized carbons (Fsp3) is 0.923. The molecule has 6 nitrogen and oxygen atoms in total. The molecule has 1 saturated carbocycles. The number of rotatable bonds is 5. The lowest BCUT2D eigenvalue weighted by molar-refractivity contribution is -0.0494. The summed E-state index contributed by atoms with van der Waals surface area (Å²) >= 11 is 0. The minimum atomic E-state index is -5.23. The van der Waals surface area contributed by atoms with Crippen LogP contribution in [-0.4, -0.2) is 56.9 Å². The predicted octanol–water partition coefficient (Wildman–Crippen LogP) is 1.27. The molecule has 2 N–H and O–H groups in total. The number of guanidine groups is 1. The zero-order chi connectivity index (χ0) is 17.1. The minimum Gasteiger partial charge on any atom is -0.356 e. The smallest absolute Gasteiger partial charge is 0.356 e. The molecule has 1 heterocycles. The first-order valence-electron chi connectivity index (χ1n) is 7.77. The van der Waals surface area contributed by atoms with Crippen molar-refractivity contribution >= 4 is 16.0 Å². The van der Waals surface area contributed by atoms with Gasteiger partial charge in [-0.3, -0.25) is 4.99 Å². The molecule has 2 aliphatic rings. The molecule has 0 radical (unpaired) electrons. The second-order valence-electron chi connectivity index (χ2n) is 6.00. The van der Waals surface area contributed by atoms with E-state index in [1.807, 2.05) is 0 Å². The molecule has 1 aliphatic carbocycles. The Bertz CT molecular complexity index is 524. The highest BCUT2D eigenvalue weighted by atomic mass is 32.2. The van der Waals surface area contributed by atoms with Crippen LogP contribution in [0.15, 0.2) is 4.99 Å². The number of alkyl halides is 3. The molecule has 10 heteroatoms. The first kappa shape index (κ1) is 18.3. The number of aliphatic imine (C=N–C) groups is 1. The number of hydrogen-bond acceptors (Lipinski definition) is 3. The Morgan fingerprint density at radius 3 is 2.30 bits per heavy atom. The maximum atomic E-state index is 12.5. The van der Waals surface area contributed by atoms with Crippen LogP contribution in [0.3, 0.4) is 0 Å². The van der Waals surface area contributed by atoms with Crippen molar-refractivity contribution in [3.05, 3.63) is 0 Å². The van der Waals surface area contributed by atoms with E-state index in [0.717, 1.165) is 18.9 Å². The number of piperidine rings is 1. The molecular weight excluding hydrogens is 333 g/mol. The van der Waals surface area contributed by atoms with E-state index in [1.54, 1.807) is 7.05 Å². The van der Waals surface area contributed by atoms with Gasteiger partial charge in [0.25, 0.3) is 0 Å². The predicted molar refractivity (Wildman–Crippen MR) is 81.4 cm³/mol. The van der Waals surface area contributed by atoms with Crippen molar-refractivity contribution in [3.63, 3.8) is 0 Å². The summed E-state index contributed by atoms with van der Waals surface area (Å²) in [5.41, 5.74) is -5.23. The fourth-order valence-corrected chi connectivity index (χ4v) is 3.56. The van der Waals surface area contributed by atoms with Gasteiger partial charge in [-0.15, -0.1) is 0 Å². The fourth-order valence-electron chi connectivity index (χ4n) is 2.58. The summed E-state index contributed by atoms with van der Waals surface area (Å²) in [4.78, 5) is 4.09. The standard InChI is InChI=1S/C13H23F3N4O2S/c1-17-12(18-7-4-10-2-3-10)19-11-5-8-20(9-6-11)23(21,22)13(14,15)16/h10-11H,2-9H2,1H3,(H2,17,18,19). The number of nitrogens with zero attached hydrogens (tertiary/aromatic N) is 2. The van der Waals surface area contributed by atoms with Crippen molar-refractivity contribution in [2.45, 2.75) is 43.7 Å². The SMILES string of the molecule is CN=C(NCCC1CC1)NC1CCN(S(=O)(=O)C(F)(F)F)CC1. The molecule has 0 bridgehead atoms. The van der Waals surface area contributed by atoms with Gasteiger partial charge in [0.2, 0.25) is 0 Å². The van der Waals surface area contributed by atoms with E-state index in [1.165, 1.54) is 12.8 Å². The van der Waals surface area contributed by atoms with Crippen LogP contribution < -0.4 is 10.6 Å². The number of halogens is 3. The zero-order valence-electron chi connectivity index (χ0n) is 13.1. The van der Waals surface area contributed by atoms with Crippen molar-refractivity contribution < 1.29 is 21.6 Å². The molecule has 23 heavy (non-hydrogen) atoms. The summed E-state index contributed by atoms with van der Waals surface area (Å²) in [5.74, 6) is 1.42. The second-order valence-corrected chi connectivity index (χ2v) is 7.93. The van der Waals surface area contributed by atoms with Gasteiger partial charge in [0.1, 0.15) is 0 Å². The second kappa shape index (κ2) is 7.25. The van der Waals surface area contributed by atoms with Gasteiger partial charge in [-0.1, -0.05) is 12.8 Å². The Morgan fingerprint density at radius 2 is 1.83 bits per heavy atom. The molecule has 134 valence electrons. The Balaban J connectivity index is 1.77. The minimum absolute atomic E-state index is 0.0817. The number of sulfonamides is 1. The first-order valence-corrected chi connectivity index (χ1v) is 9.21. The number of hydrogen-bond donors (Lipinski definition) is 2. The van der Waals surface area contributed by atoms with Crippen molar-refractivity contribution in [1.82, 2.24) is 14.9 Å². The Hall–Kier alpha value is -1.03. The van der Waals surface area contributed by atoms with Gasteiger partial charge in [0.05, 0.1) is 0 Å². The third kappa shape index (κ3) is 4.97. The van der Waals surface area contributed by atoms with E-state index in [4.69, 9.17) is 0 Å². The highest BCUT2D eigenvalue weighted by molar-refractivity contribution is 7.90. The van der Waals surface area contributed by atoms with Gasteiger partial charge in [-0.2, -0.15) is 17.5 Å². The molecule has 0 unspecified atom stereocenters. The summed E-state index contributed by atoms with van der Waals surface area (Å²) in [7, 11) is -3.58. The van der Waals surface area contributed by atoms with E-state index < -0.39 is 15.5 Å². The van der Waals surface area contributed by atoms with Crippen LogP contribution in [-0.2, 0) is 10.0 Å². The Labute approximate surface area is 134 Å². The van der Waals surface area contributed by atoms with Gasteiger partial charge in [-0.25, -0.2) is 8.42 Å². The molecule has 0 spiro atoms. The van der Waals surface area contributed by atoms with Crippen LogP contribution in [0.25, 0.3) is 0 Å². The molecule has 0 aromatic heterocycles. The van der Waals surface area contributed by atoms with E-state index in [0.29, 0.717) is 23.1 Å². The van der Waals surface area contributed by atoms with E-state index in [2.05, 4.69) is 15.6 Å². The molecule has 1 saturated heterocycles. The first-order chi connectivity index (χ1) is 10.7. The Kier molecular flexibility index (Phi) is 5.77. The quantitative estimate of drug-likeness (QED) is 0.575. The third-order valence-corrected chi connectivity index (χ3v) is 5.82. The lowest BCUT2D eigenvalue weighted by Gasteiger charge is -2.32. The zero-order valence-corrected chi connectivity index (χ0v) is 13.9. The summed E-state index contributed by atoms with van der Waals surface area (Å²) < 4.78 is 60.7. The maximum absolute atomic E-state index is 12.5. The van der Waals surface area contributed by atoms with Crippen molar-refractivity contribution in [2.24, 2.45) is 10.9 Å². The van der Waals surface area contributed by atoms with Gasteiger partial charge in [-0.05, 0) is 25.2 Å². The van der Waals surface area contributed by atoms with Gasteiger partial charge >= 0.3 is 15.5 Å². The molecule has 1 aliphatic heterocycles. The van der Waals surface area contributed by atoms with Gasteiger partial charge in [0.15, 0.2) is 5.96 Å².